The molecular formula is C25H18F3N3O3S. The molecule has 0 atom stereocenters. The first-order valence-electron chi connectivity index (χ1n) is 10.3. The Labute approximate surface area is 202 Å². The summed E-state index contributed by atoms with van der Waals surface area (Å²) in [6.45, 7) is -0.504. The average molecular weight is 497 g/mol. The van der Waals surface area contributed by atoms with Gasteiger partial charge in [-0.15, -0.1) is 11.3 Å². The molecule has 0 unspecified atom stereocenters. The summed E-state index contributed by atoms with van der Waals surface area (Å²) in [5, 5.41) is 7.30. The number of nitrogens with zero attached hydrogens (tertiary/aromatic N) is 1. The van der Waals surface area contributed by atoms with Gasteiger partial charge in [0, 0.05) is 16.6 Å². The van der Waals surface area contributed by atoms with Gasteiger partial charge in [0.2, 0.25) is 0 Å². The number of benzene rings is 3. The molecule has 2 N–H and O–H groups in total. The van der Waals surface area contributed by atoms with Crippen molar-refractivity contribution in [2.45, 2.75) is 6.18 Å². The van der Waals surface area contributed by atoms with E-state index in [1.54, 1.807) is 12.1 Å². The van der Waals surface area contributed by atoms with Gasteiger partial charge in [0.15, 0.2) is 11.7 Å². The highest BCUT2D eigenvalue weighted by Crippen LogP contribution is 2.31. The van der Waals surface area contributed by atoms with E-state index in [2.05, 4.69) is 15.6 Å². The molecule has 6 nitrogen and oxygen atoms in total. The third kappa shape index (κ3) is 6.24. The van der Waals surface area contributed by atoms with Gasteiger partial charge in [0.05, 0.1) is 16.8 Å². The van der Waals surface area contributed by atoms with E-state index in [0.717, 1.165) is 23.4 Å². The molecular weight excluding hydrogens is 479 g/mol. The summed E-state index contributed by atoms with van der Waals surface area (Å²) in [5.74, 6) is -1.01. The van der Waals surface area contributed by atoms with Crippen LogP contribution in [0, 0.1) is 0 Å². The molecule has 2 amide bonds. The maximum Gasteiger partial charge on any atom is 0.416 e. The number of hydrogen-bond donors (Lipinski definition) is 2. The Bertz CT molecular complexity index is 1340. The monoisotopic (exact) mass is 497 g/mol. The predicted octanol–water partition coefficient (Wildman–Crippen LogP) is 6.10. The Hall–Kier alpha value is -4.18. The second kappa shape index (κ2) is 10.4. The lowest BCUT2D eigenvalue weighted by molar-refractivity contribution is -0.137. The molecule has 4 aromatic rings. The first kappa shape index (κ1) is 24.0. The van der Waals surface area contributed by atoms with E-state index in [-0.39, 0.29) is 17.0 Å². The normalized spacial score (nSPS) is 11.1. The zero-order valence-corrected chi connectivity index (χ0v) is 18.8. The molecule has 0 fully saturated rings. The molecule has 0 aliphatic rings. The van der Waals surface area contributed by atoms with Crippen molar-refractivity contribution in [3.63, 3.8) is 0 Å². The Balaban J connectivity index is 1.39. The van der Waals surface area contributed by atoms with Crippen molar-refractivity contribution >= 4 is 34.0 Å². The Kier molecular flexibility index (Phi) is 7.11. The van der Waals surface area contributed by atoms with E-state index in [0.29, 0.717) is 5.13 Å². The largest absolute Gasteiger partial charge is 0.483 e. The van der Waals surface area contributed by atoms with E-state index >= 15 is 0 Å². The highest BCUT2D eigenvalue weighted by atomic mass is 32.1. The van der Waals surface area contributed by atoms with Crippen LogP contribution in [-0.4, -0.2) is 23.4 Å². The number of anilines is 2. The van der Waals surface area contributed by atoms with Crippen LogP contribution in [0.1, 0.15) is 15.9 Å². The number of nitrogens with one attached hydrogen (secondary N) is 2. The minimum Gasteiger partial charge on any atom is -0.483 e. The lowest BCUT2D eigenvalue weighted by atomic mass is 10.2. The van der Waals surface area contributed by atoms with E-state index < -0.39 is 30.2 Å². The Morgan fingerprint density at radius 1 is 0.914 bits per heavy atom. The Morgan fingerprint density at radius 3 is 2.43 bits per heavy atom. The first-order chi connectivity index (χ1) is 16.8. The van der Waals surface area contributed by atoms with Crippen molar-refractivity contribution in [3.8, 4) is 17.0 Å². The first-order valence-corrected chi connectivity index (χ1v) is 11.2. The summed E-state index contributed by atoms with van der Waals surface area (Å²) >= 11 is 1.27. The fraction of sp³-hybridized carbons (Fsp3) is 0.0800. The quantitative estimate of drug-likeness (QED) is 0.323. The smallest absolute Gasteiger partial charge is 0.416 e. The van der Waals surface area contributed by atoms with E-state index in [1.807, 2.05) is 35.7 Å². The van der Waals surface area contributed by atoms with Crippen LogP contribution in [0.25, 0.3) is 11.3 Å². The second-order valence-electron chi connectivity index (χ2n) is 7.27. The van der Waals surface area contributed by atoms with Crippen LogP contribution >= 0.6 is 11.3 Å². The van der Waals surface area contributed by atoms with Gasteiger partial charge in [-0.1, -0.05) is 48.5 Å². The molecule has 35 heavy (non-hydrogen) atoms. The van der Waals surface area contributed by atoms with E-state index in [9.17, 15) is 22.8 Å². The molecule has 178 valence electrons. The number of hydrogen-bond acceptors (Lipinski definition) is 5. The molecule has 0 spiro atoms. The molecule has 0 saturated carbocycles. The lowest BCUT2D eigenvalue weighted by Gasteiger charge is -2.12. The van der Waals surface area contributed by atoms with Crippen LogP contribution in [-0.2, 0) is 11.0 Å². The number of carbonyl (C=O) groups is 2. The number of para-hydroxylation sites is 1. The molecule has 4 rings (SSSR count). The molecule has 0 aliphatic carbocycles. The minimum atomic E-state index is -4.52. The highest BCUT2D eigenvalue weighted by molar-refractivity contribution is 7.14. The third-order valence-electron chi connectivity index (χ3n) is 4.76. The number of halogens is 3. The van der Waals surface area contributed by atoms with E-state index in [4.69, 9.17) is 4.74 Å². The number of amides is 2. The molecule has 0 aliphatic heterocycles. The second-order valence-corrected chi connectivity index (χ2v) is 8.13. The number of ether oxygens (including phenoxy) is 1. The predicted molar refractivity (Wildman–Crippen MR) is 128 cm³/mol. The van der Waals surface area contributed by atoms with Crippen LogP contribution in [0.4, 0.5) is 24.0 Å². The molecule has 0 bridgehead atoms. The fourth-order valence-electron chi connectivity index (χ4n) is 3.13. The molecule has 0 saturated heterocycles. The van der Waals surface area contributed by atoms with E-state index in [1.165, 1.54) is 35.6 Å². The topological polar surface area (TPSA) is 80.3 Å². The maximum absolute atomic E-state index is 12.9. The third-order valence-corrected chi connectivity index (χ3v) is 5.52. The summed E-state index contributed by atoms with van der Waals surface area (Å²) in [6, 6.07) is 20.1. The standard InChI is InChI=1S/C25H18F3N3O3S/c26-25(27,28)17-9-6-10-18(13-17)29-22(32)14-34-21-12-5-4-11-19(21)23(33)31-24-30-20(15-35-24)16-7-2-1-3-8-16/h1-13,15H,14H2,(H,29,32)(H,30,31,33). The average Bonchev–Trinajstić information content (AvgIpc) is 3.31. The number of carbonyl (C=O) groups excluding carboxylic acids is 2. The van der Waals surface area contributed by atoms with Gasteiger partial charge >= 0.3 is 6.18 Å². The van der Waals surface area contributed by atoms with Gasteiger partial charge in [0.25, 0.3) is 11.8 Å². The SMILES string of the molecule is O=C(COc1ccccc1C(=O)Nc1nc(-c2ccccc2)cs1)Nc1cccc(C(F)(F)F)c1. The van der Waals surface area contributed by atoms with Gasteiger partial charge in [-0.25, -0.2) is 4.98 Å². The molecule has 3 aromatic carbocycles. The van der Waals surface area contributed by atoms with Gasteiger partial charge in [0.1, 0.15) is 5.75 Å². The number of rotatable bonds is 7. The van der Waals surface area contributed by atoms with Crippen LogP contribution in [0.2, 0.25) is 0 Å². The molecule has 1 heterocycles. The van der Waals surface area contributed by atoms with Crippen molar-refractivity contribution in [2.24, 2.45) is 0 Å². The van der Waals surface area contributed by atoms with Gasteiger partial charge in [-0.3, -0.25) is 14.9 Å². The Morgan fingerprint density at radius 2 is 1.66 bits per heavy atom. The van der Waals surface area contributed by atoms with Gasteiger partial charge in [-0.05, 0) is 30.3 Å². The zero-order chi connectivity index (χ0) is 24.8. The van der Waals surface area contributed by atoms with Crippen molar-refractivity contribution in [3.05, 3.63) is 95.4 Å². The lowest BCUT2D eigenvalue weighted by Crippen LogP contribution is -2.22. The van der Waals surface area contributed by atoms with Crippen molar-refractivity contribution in [2.75, 3.05) is 17.2 Å². The zero-order valence-electron chi connectivity index (χ0n) is 18.0. The number of thiazole rings is 1. The van der Waals surface area contributed by atoms with Crippen molar-refractivity contribution in [1.29, 1.82) is 0 Å². The van der Waals surface area contributed by atoms with Crippen LogP contribution in [0.15, 0.2) is 84.2 Å². The van der Waals surface area contributed by atoms with Gasteiger partial charge in [-0.2, -0.15) is 13.2 Å². The van der Waals surface area contributed by atoms with Crippen molar-refractivity contribution in [1.82, 2.24) is 4.98 Å². The van der Waals surface area contributed by atoms with Crippen LogP contribution in [0.3, 0.4) is 0 Å². The number of alkyl halides is 3. The summed E-state index contributed by atoms with van der Waals surface area (Å²) in [4.78, 5) is 29.5. The van der Waals surface area contributed by atoms with Crippen molar-refractivity contribution < 1.29 is 27.5 Å². The maximum atomic E-state index is 12.9. The highest BCUT2D eigenvalue weighted by Gasteiger charge is 2.30. The fourth-order valence-corrected chi connectivity index (χ4v) is 3.85. The minimum absolute atomic E-state index is 0.0163. The summed E-state index contributed by atoms with van der Waals surface area (Å²) in [5.41, 5.74) is 0.922. The summed E-state index contributed by atoms with van der Waals surface area (Å²) in [7, 11) is 0. The van der Waals surface area contributed by atoms with Crippen LogP contribution < -0.4 is 15.4 Å². The molecule has 0 radical (unpaired) electrons. The van der Waals surface area contributed by atoms with Gasteiger partial charge < -0.3 is 10.1 Å². The number of aromatic nitrogens is 1. The summed E-state index contributed by atoms with van der Waals surface area (Å²) in [6.07, 6.45) is -4.52. The summed E-state index contributed by atoms with van der Waals surface area (Å²) < 4.78 is 44.1. The molecule has 10 heteroatoms. The van der Waals surface area contributed by atoms with Crippen LogP contribution in [0.5, 0.6) is 5.75 Å². The molecule has 1 aromatic heterocycles.